The Labute approximate surface area is 241 Å². The molecule has 7 N–H and O–H groups in total. The molecule has 1 fully saturated rings. The summed E-state index contributed by atoms with van der Waals surface area (Å²) in [6, 6.07) is 9.61. The van der Waals surface area contributed by atoms with E-state index in [1.54, 1.807) is 0 Å². The predicted molar refractivity (Wildman–Crippen MR) is 152 cm³/mol. The molecule has 2 aromatic heterocycles. The molecule has 1 unspecified atom stereocenters. The van der Waals surface area contributed by atoms with Crippen LogP contribution in [-0.4, -0.2) is 101 Å². The molecule has 1 saturated heterocycles. The van der Waals surface area contributed by atoms with Crippen LogP contribution in [0.5, 0.6) is 0 Å². The average Bonchev–Trinajstić information content (AvgIpc) is 3.39. The second-order valence-electron chi connectivity index (χ2n) is 9.56. The molecule has 230 valence electrons. The Hall–Kier alpha value is -2.75. The minimum absolute atomic E-state index is 0.111. The van der Waals surface area contributed by atoms with Crippen LogP contribution in [0, 0.1) is 0 Å². The first-order valence-electron chi connectivity index (χ1n) is 12.9. The van der Waals surface area contributed by atoms with Crippen LogP contribution in [0.1, 0.15) is 18.7 Å². The van der Waals surface area contributed by atoms with Crippen LogP contribution < -0.4 is 10.2 Å². The van der Waals surface area contributed by atoms with E-state index < -0.39 is 46.1 Å². The minimum Gasteiger partial charge on any atom is -0.386 e. The maximum absolute atomic E-state index is 12.0. The Morgan fingerprint density at radius 1 is 1.12 bits per heavy atom. The van der Waals surface area contributed by atoms with E-state index >= 15 is 0 Å². The lowest BCUT2D eigenvalue weighted by Crippen LogP contribution is -2.38. The third-order valence-corrected chi connectivity index (χ3v) is 9.90. The molecule has 3 aromatic rings. The zero-order chi connectivity index (χ0) is 30.5. The third kappa shape index (κ3) is 8.20. The normalized spacial score (nSPS) is 18.5. The van der Waals surface area contributed by atoms with Gasteiger partial charge in [-0.15, -0.1) is 0 Å². The van der Waals surface area contributed by atoms with Crippen molar-refractivity contribution in [2.75, 3.05) is 49.0 Å². The number of nitrogens with one attached hydrogen (secondary N) is 1. The molecule has 0 saturated carbocycles. The summed E-state index contributed by atoms with van der Waals surface area (Å²) < 4.78 is 34.5. The molecule has 42 heavy (non-hydrogen) atoms. The maximum atomic E-state index is 12.0. The van der Waals surface area contributed by atoms with Gasteiger partial charge in [0.25, 0.3) is 0 Å². The van der Waals surface area contributed by atoms with E-state index in [4.69, 9.17) is 19.0 Å². The molecule has 1 aliphatic rings. The minimum atomic E-state index is -4.86. The number of nitrogens with zero attached hydrogens (tertiary/aromatic N) is 5. The summed E-state index contributed by atoms with van der Waals surface area (Å²) >= 11 is 0. The van der Waals surface area contributed by atoms with Gasteiger partial charge in [0.05, 0.1) is 26.1 Å². The molecule has 4 atom stereocenters. The van der Waals surface area contributed by atoms with Crippen molar-refractivity contribution < 1.29 is 48.4 Å². The summed E-state index contributed by atoms with van der Waals surface area (Å²) in [6.45, 7) is 3.15. The van der Waals surface area contributed by atoms with Crippen LogP contribution >= 0.6 is 15.2 Å². The van der Waals surface area contributed by atoms with Crippen molar-refractivity contribution in [1.29, 1.82) is 0 Å². The lowest BCUT2D eigenvalue weighted by molar-refractivity contribution is -0.0795. The van der Waals surface area contributed by atoms with Gasteiger partial charge in [0, 0.05) is 19.6 Å². The van der Waals surface area contributed by atoms with Crippen molar-refractivity contribution in [2.45, 2.75) is 31.9 Å². The molecular formula is C24H34N6O10P2. The van der Waals surface area contributed by atoms with Crippen molar-refractivity contribution in [3.8, 4) is 0 Å². The number of aliphatic hydroxyl groups is 3. The van der Waals surface area contributed by atoms with Gasteiger partial charge < -0.3 is 49.5 Å². The Morgan fingerprint density at radius 2 is 1.81 bits per heavy atom. The van der Waals surface area contributed by atoms with E-state index in [1.165, 1.54) is 23.9 Å². The van der Waals surface area contributed by atoms with E-state index in [1.807, 2.05) is 35.2 Å². The Bertz CT molecular complexity index is 1480. The topological polar surface area (TPSA) is 233 Å². The van der Waals surface area contributed by atoms with Gasteiger partial charge in [-0.05, 0) is 18.1 Å². The molecule has 3 heterocycles. The number of benzene rings is 1. The molecule has 0 aliphatic carbocycles. The monoisotopic (exact) mass is 628 g/mol. The van der Waals surface area contributed by atoms with Gasteiger partial charge in [0.15, 0.2) is 29.1 Å². The third-order valence-electron chi connectivity index (χ3n) is 6.47. The number of aromatic nitrogens is 4. The molecular weight excluding hydrogens is 594 g/mol. The molecule has 1 aromatic carbocycles. The fraction of sp³-hybridized carbons (Fsp3) is 0.458. The van der Waals surface area contributed by atoms with Crippen LogP contribution in [0.4, 0.5) is 11.8 Å². The van der Waals surface area contributed by atoms with Gasteiger partial charge in [-0.2, -0.15) is 9.97 Å². The van der Waals surface area contributed by atoms with Crippen LogP contribution in [0.25, 0.3) is 11.2 Å². The van der Waals surface area contributed by atoms with Crippen molar-refractivity contribution >= 4 is 38.1 Å². The Kier molecular flexibility index (Phi) is 10.5. The first-order chi connectivity index (χ1) is 19.9. The van der Waals surface area contributed by atoms with E-state index in [9.17, 15) is 29.3 Å². The summed E-state index contributed by atoms with van der Waals surface area (Å²) in [6.07, 6.45) is -2.95. The van der Waals surface area contributed by atoms with Gasteiger partial charge in [-0.25, -0.2) is 4.98 Å². The molecule has 0 bridgehead atoms. The predicted octanol–water partition coefficient (Wildman–Crippen LogP) is 0.771. The highest BCUT2D eigenvalue weighted by Gasteiger charge is 2.34. The lowest BCUT2D eigenvalue weighted by atomic mass is 10.0. The largest absolute Gasteiger partial charge is 0.386 e. The zero-order valence-corrected chi connectivity index (χ0v) is 24.5. The number of morpholine rings is 1. The van der Waals surface area contributed by atoms with Crippen molar-refractivity contribution in [1.82, 2.24) is 19.5 Å². The van der Waals surface area contributed by atoms with Crippen LogP contribution in [-0.2, 0) is 24.9 Å². The number of ether oxygens (including phenoxy) is 1. The second kappa shape index (κ2) is 13.7. The van der Waals surface area contributed by atoms with Gasteiger partial charge in [-0.3, -0.25) is 13.7 Å². The SMILES string of the molecule is C/C=C(/COP(=O)(O)CP(=O)(O)O)[C@@H](O)[C@@H](O)[C@@H](O)n1cnc2c(NCc3ccccc3)nc(N3CCOCC3)nc21. The van der Waals surface area contributed by atoms with Crippen LogP contribution in [0.2, 0.25) is 0 Å². The van der Waals surface area contributed by atoms with E-state index in [-0.39, 0.29) is 11.2 Å². The number of fused-ring (bicyclic) bond motifs is 1. The van der Waals surface area contributed by atoms with E-state index in [0.717, 1.165) is 5.56 Å². The number of hydrogen-bond donors (Lipinski definition) is 7. The Morgan fingerprint density at radius 3 is 2.45 bits per heavy atom. The summed E-state index contributed by atoms with van der Waals surface area (Å²) in [4.78, 5) is 43.2. The van der Waals surface area contributed by atoms with Gasteiger partial charge in [-0.1, -0.05) is 36.4 Å². The highest BCUT2D eigenvalue weighted by atomic mass is 31.2. The molecule has 1 aliphatic heterocycles. The van der Waals surface area contributed by atoms with Crippen molar-refractivity contribution in [3.63, 3.8) is 0 Å². The first kappa shape index (κ1) is 32.2. The summed E-state index contributed by atoms with van der Waals surface area (Å²) in [5, 5.41) is 36.0. The van der Waals surface area contributed by atoms with Gasteiger partial charge in [0.1, 0.15) is 12.2 Å². The average molecular weight is 629 g/mol. The first-order valence-corrected chi connectivity index (χ1v) is 16.5. The summed E-state index contributed by atoms with van der Waals surface area (Å²) in [7, 11) is -9.58. The zero-order valence-electron chi connectivity index (χ0n) is 22.7. The van der Waals surface area contributed by atoms with Gasteiger partial charge >= 0.3 is 15.2 Å². The number of aliphatic hydroxyl groups excluding tert-OH is 3. The highest BCUT2D eigenvalue weighted by molar-refractivity contribution is 7.70. The smallest absolute Gasteiger partial charge is 0.340 e. The number of hydrogen-bond acceptors (Lipinski definition) is 12. The second-order valence-corrected chi connectivity index (χ2v) is 13.6. The van der Waals surface area contributed by atoms with Crippen LogP contribution in [0.15, 0.2) is 48.3 Å². The van der Waals surface area contributed by atoms with Crippen molar-refractivity contribution in [3.05, 3.63) is 53.9 Å². The Balaban J connectivity index is 1.59. The van der Waals surface area contributed by atoms with E-state index in [2.05, 4.69) is 20.3 Å². The number of rotatable bonds is 13. The number of imidazole rings is 1. The maximum Gasteiger partial charge on any atom is 0.340 e. The van der Waals surface area contributed by atoms with E-state index in [0.29, 0.717) is 50.1 Å². The summed E-state index contributed by atoms with van der Waals surface area (Å²) in [5.41, 5.74) is 1.35. The molecule has 0 spiro atoms. The standard InChI is InChI=1S/C24H34N6O10P2/c1-2-17(13-40-42(37,38)15-41(34,35)36)19(31)20(32)23(33)30-14-26-18-21(25-12-16-6-4-3-5-7-16)27-24(28-22(18)30)29-8-10-39-11-9-29/h2-7,14,19-20,23,31-33H,8-13,15H2,1H3,(H,37,38)(H,25,27,28)(H2,34,35,36)/b17-2-/t19-,20-,23-/m1/s1. The molecule has 0 radical (unpaired) electrons. The lowest BCUT2D eigenvalue weighted by Gasteiger charge is -2.28. The van der Waals surface area contributed by atoms with Crippen LogP contribution in [0.3, 0.4) is 0 Å². The molecule has 4 rings (SSSR count). The quantitative estimate of drug-likeness (QED) is 0.102. The van der Waals surface area contributed by atoms with Gasteiger partial charge in [0.2, 0.25) is 5.95 Å². The fourth-order valence-electron chi connectivity index (χ4n) is 4.24. The molecule has 16 nitrogen and oxygen atoms in total. The summed E-state index contributed by atoms with van der Waals surface area (Å²) in [5.74, 6) is -0.681. The highest BCUT2D eigenvalue weighted by Crippen LogP contribution is 2.55. The number of allylic oxidation sites excluding steroid dienone is 1. The van der Waals surface area contributed by atoms with Crippen molar-refractivity contribution in [2.24, 2.45) is 0 Å². The molecule has 18 heteroatoms. The number of anilines is 2. The molecule has 0 amide bonds. The fourth-order valence-corrected chi connectivity index (χ4v) is 6.78.